The molecule has 2 fully saturated rings. The van der Waals surface area contributed by atoms with E-state index in [1.54, 1.807) is 4.31 Å². The number of sulfonamides is 1. The number of carbonyl (C=O) groups is 1. The third-order valence-electron chi connectivity index (χ3n) is 5.09. The molecule has 5 nitrogen and oxygen atoms in total. The average Bonchev–Trinajstić information content (AvgIpc) is 2.94. The number of nitrogens with one attached hydrogen (secondary N) is 1. The van der Waals surface area contributed by atoms with Gasteiger partial charge >= 0.3 is 6.18 Å². The van der Waals surface area contributed by atoms with Crippen LogP contribution in [0.1, 0.15) is 37.7 Å². The van der Waals surface area contributed by atoms with E-state index < -0.39 is 21.8 Å². The minimum atomic E-state index is -4.41. The van der Waals surface area contributed by atoms with Gasteiger partial charge in [-0.2, -0.15) is 17.5 Å². The molecule has 3 rings (SSSR count). The summed E-state index contributed by atoms with van der Waals surface area (Å²) in [6.45, 7) is 0.551. The van der Waals surface area contributed by atoms with Crippen molar-refractivity contribution in [2.45, 2.75) is 44.3 Å². The van der Waals surface area contributed by atoms with E-state index in [9.17, 15) is 26.4 Å². The summed E-state index contributed by atoms with van der Waals surface area (Å²) in [6.07, 6.45) is -1.35. The summed E-state index contributed by atoms with van der Waals surface area (Å²) in [6, 6.07) is 4.31. The van der Waals surface area contributed by atoms with Crippen molar-refractivity contribution in [3.8, 4) is 0 Å². The molecule has 0 radical (unpaired) electrons. The van der Waals surface area contributed by atoms with Crippen LogP contribution in [0.2, 0.25) is 0 Å². The second-order valence-electron chi connectivity index (χ2n) is 6.85. The molecular formula is C17H21F3N2O3S. The highest BCUT2D eigenvalue weighted by Crippen LogP contribution is 2.33. The van der Waals surface area contributed by atoms with Gasteiger partial charge in [0.25, 0.3) is 0 Å². The van der Waals surface area contributed by atoms with E-state index in [4.69, 9.17) is 0 Å². The van der Waals surface area contributed by atoms with Gasteiger partial charge in [-0.05, 0) is 56.4 Å². The SMILES string of the molecule is O=C(Nc1ccc(C(F)(F)F)cc1)[C@H]1CC[C@H](N2CCCS2(=O)=O)CC1. The minimum absolute atomic E-state index is 0.0439. The van der Waals surface area contributed by atoms with Crippen LogP contribution < -0.4 is 5.32 Å². The Morgan fingerprint density at radius 3 is 2.19 bits per heavy atom. The van der Waals surface area contributed by atoms with E-state index in [0.717, 1.165) is 12.1 Å². The summed E-state index contributed by atoms with van der Waals surface area (Å²) < 4.78 is 63.2. The summed E-state index contributed by atoms with van der Waals surface area (Å²) in [7, 11) is -3.15. The van der Waals surface area contributed by atoms with Crippen LogP contribution in [0.5, 0.6) is 0 Å². The summed E-state index contributed by atoms with van der Waals surface area (Å²) in [4.78, 5) is 12.3. The fraction of sp³-hybridized carbons (Fsp3) is 0.588. The van der Waals surface area contributed by atoms with Crippen LogP contribution in [-0.4, -0.2) is 37.0 Å². The number of nitrogens with zero attached hydrogens (tertiary/aromatic N) is 1. The normalized spacial score (nSPS) is 26.6. The third kappa shape index (κ3) is 4.20. The number of rotatable bonds is 3. The van der Waals surface area contributed by atoms with Crippen LogP contribution in [0.15, 0.2) is 24.3 Å². The van der Waals surface area contributed by atoms with E-state index in [1.165, 1.54) is 12.1 Å². The molecule has 2 aliphatic rings. The minimum Gasteiger partial charge on any atom is -0.326 e. The topological polar surface area (TPSA) is 66.5 Å². The van der Waals surface area contributed by atoms with Crippen LogP contribution in [0.3, 0.4) is 0 Å². The van der Waals surface area contributed by atoms with E-state index >= 15 is 0 Å². The Labute approximate surface area is 150 Å². The number of carbonyl (C=O) groups excluding carboxylic acids is 1. The highest BCUT2D eigenvalue weighted by atomic mass is 32.2. The molecule has 0 bridgehead atoms. The molecule has 1 N–H and O–H groups in total. The monoisotopic (exact) mass is 390 g/mol. The first-order chi connectivity index (χ1) is 12.2. The molecule has 0 atom stereocenters. The molecule has 0 aromatic heterocycles. The zero-order valence-electron chi connectivity index (χ0n) is 14.1. The maximum absolute atomic E-state index is 12.6. The first kappa shape index (κ1) is 19.2. The summed E-state index contributed by atoms with van der Waals surface area (Å²) in [5.41, 5.74) is -0.435. The number of benzene rings is 1. The predicted octanol–water partition coefficient (Wildman–Crippen LogP) is 3.24. The van der Waals surface area contributed by atoms with E-state index in [-0.39, 0.29) is 23.6 Å². The molecule has 1 saturated heterocycles. The van der Waals surface area contributed by atoms with Crippen molar-refractivity contribution in [3.63, 3.8) is 0 Å². The second kappa shape index (κ2) is 7.19. The number of hydrogen-bond donors (Lipinski definition) is 1. The number of amides is 1. The number of alkyl halides is 3. The maximum atomic E-state index is 12.6. The van der Waals surface area contributed by atoms with Crippen molar-refractivity contribution in [1.82, 2.24) is 4.31 Å². The lowest BCUT2D eigenvalue weighted by atomic mass is 9.85. The molecule has 26 heavy (non-hydrogen) atoms. The van der Waals surface area contributed by atoms with Crippen LogP contribution in [0.4, 0.5) is 18.9 Å². The highest BCUT2D eigenvalue weighted by molar-refractivity contribution is 7.89. The van der Waals surface area contributed by atoms with Crippen LogP contribution in [0, 0.1) is 5.92 Å². The third-order valence-corrected chi connectivity index (χ3v) is 7.09. The first-order valence-corrected chi connectivity index (χ1v) is 10.3. The highest BCUT2D eigenvalue weighted by Gasteiger charge is 2.37. The molecule has 1 heterocycles. The van der Waals surface area contributed by atoms with Crippen molar-refractivity contribution in [1.29, 1.82) is 0 Å². The van der Waals surface area contributed by atoms with Gasteiger partial charge in [0.2, 0.25) is 15.9 Å². The van der Waals surface area contributed by atoms with Crippen molar-refractivity contribution >= 4 is 21.6 Å². The maximum Gasteiger partial charge on any atom is 0.416 e. The molecule has 1 saturated carbocycles. The van der Waals surface area contributed by atoms with Crippen molar-refractivity contribution in [2.75, 3.05) is 17.6 Å². The summed E-state index contributed by atoms with van der Waals surface area (Å²) >= 11 is 0. The zero-order chi connectivity index (χ0) is 18.9. The van der Waals surface area contributed by atoms with E-state index in [2.05, 4.69) is 5.32 Å². The quantitative estimate of drug-likeness (QED) is 0.862. The average molecular weight is 390 g/mol. The van der Waals surface area contributed by atoms with E-state index in [1.807, 2.05) is 0 Å². The lowest BCUT2D eigenvalue weighted by Gasteiger charge is -2.33. The number of anilines is 1. The second-order valence-corrected chi connectivity index (χ2v) is 8.89. The van der Waals surface area contributed by atoms with Crippen LogP contribution in [0.25, 0.3) is 0 Å². The molecule has 144 valence electrons. The standard InChI is InChI=1S/C17H21F3N2O3S/c18-17(19,20)13-4-6-14(7-5-13)21-16(23)12-2-8-15(9-3-12)22-10-1-11-26(22,24)25/h4-7,12,15H,1-3,8-11H2,(H,21,23)/t12-,15-. The fourth-order valence-corrected chi connectivity index (χ4v) is 5.48. The number of halogens is 3. The van der Waals surface area contributed by atoms with Crippen molar-refractivity contribution in [3.05, 3.63) is 29.8 Å². The van der Waals surface area contributed by atoms with Gasteiger partial charge in [-0.3, -0.25) is 4.79 Å². The lowest BCUT2D eigenvalue weighted by molar-refractivity contribution is -0.137. The van der Waals surface area contributed by atoms with Crippen LogP contribution >= 0.6 is 0 Å². The van der Waals surface area contributed by atoms with Gasteiger partial charge in [-0.1, -0.05) is 0 Å². The molecule has 1 aromatic rings. The van der Waals surface area contributed by atoms with Gasteiger partial charge in [0.15, 0.2) is 0 Å². The number of hydrogen-bond acceptors (Lipinski definition) is 3. The van der Waals surface area contributed by atoms with E-state index in [0.29, 0.717) is 44.3 Å². The summed E-state index contributed by atoms with van der Waals surface area (Å²) in [5.74, 6) is -0.284. The Kier molecular flexibility index (Phi) is 5.30. The Morgan fingerprint density at radius 2 is 1.69 bits per heavy atom. The van der Waals surface area contributed by atoms with Crippen molar-refractivity contribution in [2.24, 2.45) is 5.92 Å². The largest absolute Gasteiger partial charge is 0.416 e. The molecular weight excluding hydrogens is 369 g/mol. The smallest absolute Gasteiger partial charge is 0.326 e. The van der Waals surface area contributed by atoms with Gasteiger partial charge in [0, 0.05) is 24.2 Å². The Balaban J connectivity index is 1.54. The fourth-order valence-electron chi connectivity index (χ4n) is 3.68. The van der Waals surface area contributed by atoms with Crippen molar-refractivity contribution < 1.29 is 26.4 Å². The molecule has 9 heteroatoms. The molecule has 1 aromatic carbocycles. The molecule has 1 aliphatic carbocycles. The summed E-state index contributed by atoms with van der Waals surface area (Å²) in [5, 5.41) is 2.65. The Hall–Kier alpha value is -1.61. The van der Waals surface area contributed by atoms with Crippen LogP contribution in [-0.2, 0) is 21.0 Å². The predicted molar refractivity (Wildman–Crippen MR) is 90.9 cm³/mol. The van der Waals surface area contributed by atoms with Gasteiger partial charge in [0.05, 0.1) is 11.3 Å². The lowest BCUT2D eigenvalue weighted by Crippen LogP contribution is -2.40. The van der Waals surface area contributed by atoms with Gasteiger partial charge in [-0.25, -0.2) is 8.42 Å². The Morgan fingerprint density at radius 1 is 1.08 bits per heavy atom. The zero-order valence-corrected chi connectivity index (χ0v) is 14.9. The molecule has 0 unspecified atom stereocenters. The van der Waals surface area contributed by atoms with Gasteiger partial charge in [0.1, 0.15) is 0 Å². The van der Waals surface area contributed by atoms with Gasteiger partial charge in [-0.15, -0.1) is 0 Å². The first-order valence-electron chi connectivity index (χ1n) is 8.64. The molecule has 1 amide bonds. The van der Waals surface area contributed by atoms with Gasteiger partial charge < -0.3 is 5.32 Å². The molecule has 0 spiro atoms. The Bertz CT molecular complexity index is 754. The molecule has 1 aliphatic heterocycles.